The van der Waals surface area contributed by atoms with Gasteiger partial charge in [0.15, 0.2) is 0 Å². The number of aliphatic hydroxyl groups excluding tert-OH is 1. The molecule has 21 heavy (non-hydrogen) atoms. The molecule has 0 bridgehead atoms. The van der Waals surface area contributed by atoms with Crippen molar-refractivity contribution in [2.24, 2.45) is 5.92 Å². The number of aliphatic hydroxyl groups is 1. The number of nitrogens with zero attached hydrogens (tertiary/aromatic N) is 2. The second-order valence-electron chi connectivity index (χ2n) is 5.80. The maximum atomic E-state index is 12.2. The van der Waals surface area contributed by atoms with Crippen molar-refractivity contribution in [1.82, 2.24) is 9.80 Å². The molecule has 1 unspecified atom stereocenters. The van der Waals surface area contributed by atoms with Gasteiger partial charge in [-0.25, -0.2) is 0 Å². The minimum atomic E-state index is -0.189. The Balaban J connectivity index is 1.62. The van der Waals surface area contributed by atoms with Gasteiger partial charge in [0.05, 0.1) is 11.1 Å². The van der Waals surface area contributed by atoms with E-state index in [9.17, 15) is 14.7 Å². The fraction of sp³-hybridized carbons (Fsp3) is 0.500. The predicted molar refractivity (Wildman–Crippen MR) is 78.1 cm³/mol. The van der Waals surface area contributed by atoms with Crippen LogP contribution in [0.25, 0.3) is 0 Å². The summed E-state index contributed by atoms with van der Waals surface area (Å²) in [7, 11) is 0. The largest absolute Gasteiger partial charge is 0.396 e. The highest BCUT2D eigenvalue weighted by Gasteiger charge is 2.35. The molecule has 0 saturated carbocycles. The lowest BCUT2D eigenvalue weighted by atomic mass is 9.99. The highest BCUT2D eigenvalue weighted by molar-refractivity contribution is 6.21. The van der Waals surface area contributed by atoms with E-state index in [1.54, 1.807) is 24.3 Å². The fourth-order valence-corrected chi connectivity index (χ4v) is 3.19. The minimum Gasteiger partial charge on any atom is -0.396 e. The van der Waals surface area contributed by atoms with Crippen LogP contribution in [0, 0.1) is 5.92 Å². The van der Waals surface area contributed by atoms with Crippen LogP contribution in [0.4, 0.5) is 0 Å². The van der Waals surface area contributed by atoms with Gasteiger partial charge >= 0.3 is 0 Å². The van der Waals surface area contributed by atoms with E-state index in [1.807, 2.05) is 0 Å². The number of likely N-dealkylation sites (tertiary alicyclic amines) is 1. The van der Waals surface area contributed by atoms with Crippen molar-refractivity contribution in [3.8, 4) is 0 Å². The Morgan fingerprint density at radius 1 is 1.10 bits per heavy atom. The Morgan fingerprint density at radius 3 is 2.38 bits per heavy atom. The zero-order valence-electron chi connectivity index (χ0n) is 12.0. The molecule has 5 nitrogen and oxygen atoms in total. The number of piperidine rings is 1. The molecule has 2 amide bonds. The quantitative estimate of drug-likeness (QED) is 0.839. The summed E-state index contributed by atoms with van der Waals surface area (Å²) < 4.78 is 0. The van der Waals surface area contributed by atoms with Crippen molar-refractivity contribution in [3.05, 3.63) is 35.4 Å². The van der Waals surface area contributed by atoms with Crippen LogP contribution in [0.15, 0.2) is 24.3 Å². The topological polar surface area (TPSA) is 60.9 Å². The van der Waals surface area contributed by atoms with E-state index in [1.165, 1.54) is 4.90 Å². The number of hydrogen-bond acceptors (Lipinski definition) is 4. The van der Waals surface area contributed by atoms with Gasteiger partial charge in [-0.2, -0.15) is 0 Å². The third kappa shape index (κ3) is 2.71. The van der Waals surface area contributed by atoms with Crippen molar-refractivity contribution in [3.63, 3.8) is 0 Å². The molecule has 1 aromatic carbocycles. The van der Waals surface area contributed by atoms with Crippen molar-refractivity contribution >= 4 is 11.8 Å². The Morgan fingerprint density at radius 2 is 1.76 bits per heavy atom. The maximum Gasteiger partial charge on any atom is 0.261 e. The SMILES string of the molecule is O=C1c2ccccc2C(=O)N1CCN1CCCC(CO)C1. The summed E-state index contributed by atoms with van der Waals surface area (Å²) >= 11 is 0. The Labute approximate surface area is 124 Å². The molecule has 0 radical (unpaired) electrons. The van der Waals surface area contributed by atoms with Gasteiger partial charge in [-0.1, -0.05) is 12.1 Å². The van der Waals surface area contributed by atoms with Gasteiger partial charge in [0.1, 0.15) is 0 Å². The van der Waals surface area contributed by atoms with E-state index in [0.717, 1.165) is 25.9 Å². The van der Waals surface area contributed by atoms with Crippen LogP contribution in [0.1, 0.15) is 33.6 Å². The number of rotatable bonds is 4. The molecule has 1 fully saturated rings. The van der Waals surface area contributed by atoms with E-state index in [2.05, 4.69) is 4.90 Å². The molecule has 1 saturated heterocycles. The Bertz CT molecular complexity index is 523. The lowest BCUT2D eigenvalue weighted by Gasteiger charge is -2.32. The third-order valence-corrected chi connectivity index (χ3v) is 4.38. The van der Waals surface area contributed by atoms with E-state index < -0.39 is 0 Å². The number of carbonyl (C=O) groups excluding carboxylic acids is 2. The van der Waals surface area contributed by atoms with Gasteiger partial charge in [0, 0.05) is 26.2 Å². The molecule has 2 heterocycles. The van der Waals surface area contributed by atoms with E-state index >= 15 is 0 Å². The summed E-state index contributed by atoms with van der Waals surface area (Å²) in [6.07, 6.45) is 2.12. The normalized spacial score (nSPS) is 22.7. The highest BCUT2D eigenvalue weighted by atomic mass is 16.3. The number of amides is 2. The molecule has 0 aliphatic carbocycles. The number of hydrogen-bond donors (Lipinski definition) is 1. The van der Waals surface area contributed by atoms with Crippen LogP contribution >= 0.6 is 0 Å². The van der Waals surface area contributed by atoms with Crippen LogP contribution in [0.3, 0.4) is 0 Å². The standard InChI is InChI=1S/C16H20N2O3/c19-11-12-4-3-7-17(10-12)8-9-18-15(20)13-5-1-2-6-14(13)16(18)21/h1-2,5-6,12,19H,3-4,7-11H2. The van der Waals surface area contributed by atoms with Crippen LogP contribution < -0.4 is 0 Å². The predicted octanol–water partition coefficient (Wildman–Crippen LogP) is 0.987. The van der Waals surface area contributed by atoms with E-state index in [0.29, 0.717) is 30.1 Å². The average Bonchev–Trinajstić information content (AvgIpc) is 2.78. The molecule has 0 aromatic heterocycles. The Kier molecular flexibility index (Phi) is 4.03. The maximum absolute atomic E-state index is 12.2. The van der Waals surface area contributed by atoms with Crippen LogP contribution in [0.5, 0.6) is 0 Å². The van der Waals surface area contributed by atoms with Gasteiger partial charge in [-0.15, -0.1) is 0 Å². The summed E-state index contributed by atoms with van der Waals surface area (Å²) in [4.78, 5) is 28.1. The monoisotopic (exact) mass is 288 g/mol. The molecule has 1 atom stereocenters. The summed E-state index contributed by atoms with van der Waals surface area (Å²) in [6, 6.07) is 6.98. The Hall–Kier alpha value is -1.72. The molecule has 1 N–H and O–H groups in total. The summed E-state index contributed by atoms with van der Waals surface area (Å²) in [5.74, 6) is -0.0569. The number of carbonyl (C=O) groups is 2. The summed E-state index contributed by atoms with van der Waals surface area (Å²) in [5.41, 5.74) is 1.02. The second-order valence-corrected chi connectivity index (χ2v) is 5.80. The first kappa shape index (κ1) is 14.2. The zero-order chi connectivity index (χ0) is 14.8. The van der Waals surface area contributed by atoms with Crippen molar-refractivity contribution in [1.29, 1.82) is 0 Å². The van der Waals surface area contributed by atoms with Crippen molar-refractivity contribution < 1.29 is 14.7 Å². The molecular weight excluding hydrogens is 268 g/mol. The summed E-state index contributed by atoms with van der Waals surface area (Å²) in [5, 5.41) is 9.25. The van der Waals surface area contributed by atoms with Gasteiger partial charge in [-0.3, -0.25) is 14.5 Å². The lowest BCUT2D eigenvalue weighted by Crippen LogP contribution is -2.43. The first-order valence-electron chi connectivity index (χ1n) is 7.49. The number of fused-ring (bicyclic) bond motifs is 1. The smallest absolute Gasteiger partial charge is 0.261 e. The molecule has 1 aromatic rings. The minimum absolute atomic E-state index is 0.189. The zero-order valence-corrected chi connectivity index (χ0v) is 12.0. The molecule has 2 aliphatic heterocycles. The highest BCUT2D eigenvalue weighted by Crippen LogP contribution is 2.22. The first-order valence-corrected chi connectivity index (χ1v) is 7.49. The van der Waals surface area contributed by atoms with Gasteiger partial charge in [-0.05, 0) is 37.4 Å². The second kappa shape index (κ2) is 5.95. The number of imide groups is 1. The summed E-state index contributed by atoms with van der Waals surface area (Å²) in [6.45, 7) is 3.13. The lowest BCUT2D eigenvalue weighted by molar-refractivity contribution is 0.0609. The van der Waals surface area contributed by atoms with E-state index in [4.69, 9.17) is 0 Å². The first-order chi connectivity index (χ1) is 10.2. The molecule has 2 aliphatic rings. The molecule has 3 rings (SSSR count). The molecule has 112 valence electrons. The third-order valence-electron chi connectivity index (χ3n) is 4.38. The van der Waals surface area contributed by atoms with Crippen LogP contribution in [-0.4, -0.2) is 59.5 Å². The van der Waals surface area contributed by atoms with E-state index in [-0.39, 0.29) is 18.4 Å². The van der Waals surface area contributed by atoms with Crippen molar-refractivity contribution in [2.45, 2.75) is 12.8 Å². The van der Waals surface area contributed by atoms with Gasteiger partial charge in [0.2, 0.25) is 0 Å². The molecule has 5 heteroatoms. The van der Waals surface area contributed by atoms with Gasteiger partial charge in [0.25, 0.3) is 11.8 Å². The van der Waals surface area contributed by atoms with Gasteiger partial charge < -0.3 is 10.0 Å². The van der Waals surface area contributed by atoms with Crippen molar-refractivity contribution in [2.75, 3.05) is 32.8 Å². The van der Waals surface area contributed by atoms with Crippen LogP contribution in [-0.2, 0) is 0 Å². The molecule has 0 spiro atoms. The van der Waals surface area contributed by atoms with Crippen LogP contribution in [0.2, 0.25) is 0 Å². The number of benzene rings is 1. The fourth-order valence-electron chi connectivity index (χ4n) is 3.19. The average molecular weight is 288 g/mol. The molecular formula is C16H20N2O3.